The molecule has 1 aromatic heterocycles. The van der Waals surface area contributed by atoms with Crippen LogP contribution in [0, 0.1) is 5.92 Å². The first-order valence-corrected chi connectivity index (χ1v) is 10.8. The number of sulfone groups is 1. The number of piperidine rings is 1. The van der Waals surface area contributed by atoms with Gasteiger partial charge in [0.15, 0.2) is 9.84 Å². The van der Waals surface area contributed by atoms with Gasteiger partial charge in [0, 0.05) is 13.1 Å². The highest BCUT2D eigenvalue weighted by atomic mass is 32.2. The Balaban J connectivity index is 1.79. The van der Waals surface area contributed by atoms with Gasteiger partial charge in [-0.1, -0.05) is 6.07 Å². The zero-order chi connectivity index (χ0) is 21.4. The maximum atomic E-state index is 13.2. The molecule has 0 spiro atoms. The fourth-order valence-corrected chi connectivity index (χ4v) is 5.57. The van der Waals surface area contributed by atoms with Gasteiger partial charge >= 0.3 is 6.18 Å². The zero-order valence-corrected chi connectivity index (χ0v) is 17.1. The Kier molecular flexibility index (Phi) is 5.55. The number of anilines is 2. The number of pyridine rings is 1. The molecule has 0 atom stereocenters. The lowest BCUT2D eigenvalue weighted by molar-refractivity contribution is -0.137. The zero-order valence-electron chi connectivity index (χ0n) is 16.3. The third-order valence-corrected chi connectivity index (χ3v) is 8.33. The van der Waals surface area contributed by atoms with Crippen LogP contribution in [0.5, 0.6) is 0 Å². The predicted octanol–water partition coefficient (Wildman–Crippen LogP) is 4.15. The Morgan fingerprint density at radius 1 is 1.10 bits per heavy atom. The molecule has 3 rings (SSSR count). The van der Waals surface area contributed by atoms with Crippen molar-refractivity contribution in [1.82, 2.24) is 4.98 Å². The van der Waals surface area contributed by atoms with E-state index in [0.717, 1.165) is 24.0 Å². The number of halogens is 3. The minimum absolute atomic E-state index is 0.188. The van der Waals surface area contributed by atoms with E-state index in [1.807, 2.05) is 6.07 Å². The minimum Gasteiger partial charge on any atom is -0.397 e. The Morgan fingerprint density at radius 3 is 2.31 bits per heavy atom. The molecule has 0 amide bonds. The van der Waals surface area contributed by atoms with Crippen molar-refractivity contribution in [2.75, 3.05) is 23.7 Å². The third kappa shape index (κ3) is 4.19. The van der Waals surface area contributed by atoms with Gasteiger partial charge in [-0.2, -0.15) is 13.2 Å². The predicted molar refractivity (Wildman–Crippen MR) is 106 cm³/mol. The topological polar surface area (TPSA) is 76.3 Å². The highest BCUT2D eigenvalue weighted by Gasteiger charge is 2.44. The summed E-state index contributed by atoms with van der Waals surface area (Å²) in [6.45, 7) is 4.43. The fourth-order valence-electron chi connectivity index (χ4n) is 3.75. The number of nitrogens with two attached hydrogens (primary N) is 1. The summed E-state index contributed by atoms with van der Waals surface area (Å²) in [5, 5.41) is 0. The molecule has 2 N–H and O–H groups in total. The number of nitrogen functional groups attached to an aromatic ring is 1. The molecule has 0 aliphatic carbocycles. The molecule has 0 saturated carbocycles. The Morgan fingerprint density at radius 2 is 1.76 bits per heavy atom. The van der Waals surface area contributed by atoms with E-state index in [1.165, 1.54) is 6.07 Å². The maximum absolute atomic E-state index is 13.2. The quantitative estimate of drug-likeness (QED) is 0.793. The van der Waals surface area contributed by atoms with Crippen LogP contribution in [-0.4, -0.2) is 31.2 Å². The Bertz CT molecular complexity index is 965. The van der Waals surface area contributed by atoms with E-state index in [1.54, 1.807) is 26.1 Å². The summed E-state index contributed by atoms with van der Waals surface area (Å²) in [7, 11) is -3.96. The number of aromatic nitrogens is 1. The fraction of sp³-hybridized carbons (Fsp3) is 0.450. The molecule has 158 valence electrons. The van der Waals surface area contributed by atoms with Crippen LogP contribution in [-0.2, 0) is 16.0 Å². The van der Waals surface area contributed by atoms with E-state index in [9.17, 15) is 21.6 Å². The lowest BCUT2D eigenvalue weighted by atomic mass is 9.86. The van der Waals surface area contributed by atoms with Crippen molar-refractivity contribution in [2.24, 2.45) is 5.92 Å². The molecule has 0 radical (unpaired) electrons. The van der Waals surface area contributed by atoms with Crippen LogP contribution in [0.1, 0.15) is 32.3 Å². The molecule has 1 aliphatic heterocycles. The van der Waals surface area contributed by atoms with Crippen LogP contribution in [0.3, 0.4) is 0 Å². The first kappa shape index (κ1) is 21.4. The van der Waals surface area contributed by atoms with E-state index in [0.29, 0.717) is 31.6 Å². The van der Waals surface area contributed by atoms with Gasteiger partial charge in [0.05, 0.1) is 27.1 Å². The van der Waals surface area contributed by atoms with Gasteiger partial charge in [-0.3, -0.25) is 0 Å². The third-order valence-electron chi connectivity index (χ3n) is 5.74. The van der Waals surface area contributed by atoms with E-state index in [-0.39, 0.29) is 10.8 Å². The van der Waals surface area contributed by atoms with Crippen LogP contribution in [0.2, 0.25) is 0 Å². The first-order valence-electron chi connectivity index (χ1n) is 9.31. The van der Waals surface area contributed by atoms with Crippen LogP contribution < -0.4 is 10.6 Å². The van der Waals surface area contributed by atoms with Crippen molar-refractivity contribution in [3.63, 3.8) is 0 Å². The van der Waals surface area contributed by atoms with Gasteiger partial charge in [0.1, 0.15) is 5.82 Å². The monoisotopic (exact) mass is 427 g/mol. The average Bonchev–Trinajstić information content (AvgIpc) is 2.68. The lowest BCUT2D eigenvalue weighted by Crippen LogP contribution is -2.46. The van der Waals surface area contributed by atoms with Gasteiger partial charge < -0.3 is 10.6 Å². The van der Waals surface area contributed by atoms with Gasteiger partial charge in [-0.25, -0.2) is 13.4 Å². The lowest BCUT2D eigenvalue weighted by Gasteiger charge is -2.40. The maximum Gasteiger partial charge on any atom is 0.416 e. The summed E-state index contributed by atoms with van der Waals surface area (Å²) in [6.07, 6.45) is -1.83. The molecule has 0 unspecified atom stereocenters. The average molecular weight is 427 g/mol. The van der Waals surface area contributed by atoms with Gasteiger partial charge in [0.25, 0.3) is 0 Å². The van der Waals surface area contributed by atoms with E-state index in [4.69, 9.17) is 5.73 Å². The van der Waals surface area contributed by atoms with Crippen LogP contribution in [0.25, 0.3) is 0 Å². The summed E-state index contributed by atoms with van der Waals surface area (Å²) < 4.78 is 64.3. The number of hydrogen-bond acceptors (Lipinski definition) is 5. The normalized spacial score (nSPS) is 16.8. The largest absolute Gasteiger partial charge is 0.416 e. The number of hydrogen-bond donors (Lipinski definition) is 1. The van der Waals surface area contributed by atoms with Crippen molar-refractivity contribution >= 4 is 21.3 Å². The number of rotatable bonds is 4. The van der Waals surface area contributed by atoms with Gasteiger partial charge in [-0.15, -0.1) is 0 Å². The molecule has 1 aromatic carbocycles. The molecule has 29 heavy (non-hydrogen) atoms. The summed E-state index contributed by atoms with van der Waals surface area (Å²) in [6, 6.07) is 7.56. The van der Waals surface area contributed by atoms with Crippen molar-refractivity contribution < 1.29 is 21.6 Å². The molecule has 1 aliphatic rings. The summed E-state index contributed by atoms with van der Waals surface area (Å²) >= 11 is 0. The summed E-state index contributed by atoms with van der Waals surface area (Å²) in [5.41, 5.74) is 5.26. The van der Waals surface area contributed by atoms with E-state index in [2.05, 4.69) is 9.88 Å². The number of benzene rings is 1. The first-order chi connectivity index (χ1) is 13.4. The highest BCUT2D eigenvalue weighted by Crippen LogP contribution is 2.40. The summed E-state index contributed by atoms with van der Waals surface area (Å²) in [4.78, 5) is 6.06. The second-order valence-corrected chi connectivity index (χ2v) is 10.4. The van der Waals surface area contributed by atoms with Crippen LogP contribution >= 0.6 is 0 Å². The molecule has 2 heterocycles. The standard InChI is InChI=1S/C20H24F3N3O2S/c1-19(2,29(27,28)17-5-3-4-15(12-17)20(21,22)23)14-8-10-26(11-9-14)18-7-6-16(24)13-25-18/h3-7,12-14H,8-11,24H2,1-2H3. The SMILES string of the molecule is CC(C)(C1CCN(c2ccc(N)cn2)CC1)S(=O)(=O)c1cccc(C(F)(F)F)c1. The van der Waals surface area contributed by atoms with Crippen molar-refractivity contribution in [3.8, 4) is 0 Å². The molecule has 0 bridgehead atoms. The van der Waals surface area contributed by atoms with Crippen LogP contribution in [0.4, 0.5) is 24.7 Å². The van der Waals surface area contributed by atoms with Gasteiger partial charge in [0.2, 0.25) is 0 Å². The molecule has 1 fully saturated rings. The molecule has 5 nitrogen and oxygen atoms in total. The highest BCUT2D eigenvalue weighted by molar-refractivity contribution is 7.92. The van der Waals surface area contributed by atoms with E-state index < -0.39 is 26.3 Å². The second kappa shape index (κ2) is 7.51. The smallest absolute Gasteiger partial charge is 0.397 e. The molecular formula is C20H24F3N3O2S. The Labute approximate surface area is 168 Å². The van der Waals surface area contributed by atoms with Crippen molar-refractivity contribution in [1.29, 1.82) is 0 Å². The van der Waals surface area contributed by atoms with Crippen molar-refractivity contribution in [3.05, 3.63) is 48.2 Å². The molecule has 1 saturated heterocycles. The molecule has 2 aromatic rings. The Hall–Kier alpha value is -2.29. The summed E-state index contributed by atoms with van der Waals surface area (Å²) in [5.74, 6) is 0.586. The van der Waals surface area contributed by atoms with Gasteiger partial charge in [-0.05, 0) is 62.9 Å². The van der Waals surface area contributed by atoms with Crippen molar-refractivity contribution in [2.45, 2.75) is 42.5 Å². The molecule has 9 heteroatoms. The van der Waals surface area contributed by atoms with Crippen LogP contribution in [0.15, 0.2) is 47.5 Å². The number of nitrogens with zero attached hydrogens (tertiary/aromatic N) is 2. The second-order valence-electron chi connectivity index (χ2n) is 7.84. The number of alkyl halides is 3. The van der Waals surface area contributed by atoms with E-state index >= 15 is 0 Å². The minimum atomic E-state index is -4.59. The molecular weight excluding hydrogens is 403 g/mol.